The molecule has 0 spiro atoms. The molecular formula is C22H23ClN2O. The average Bonchev–Trinajstić information content (AvgIpc) is 3.11. The highest BCUT2D eigenvalue weighted by Gasteiger charge is 2.38. The van der Waals surface area contributed by atoms with E-state index in [2.05, 4.69) is 47.1 Å². The molecule has 4 rings (SSSR count). The molecule has 2 aromatic carbocycles. The standard InChI is InChI=1S/C22H23ClN2O/c1-13(2)22(26)24-16-9-10-20-19(12-16)17-7-4-8-18(17)21(25-20)14-5-3-6-15(23)11-14/h3-7,9-13,17-18,21,25H,8H2,1-2H3,(H,24,26). The van der Waals surface area contributed by atoms with E-state index in [1.807, 2.05) is 32.0 Å². The van der Waals surface area contributed by atoms with Crippen LogP contribution in [0, 0.1) is 11.8 Å². The normalized spacial score (nSPS) is 23.3. The van der Waals surface area contributed by atoms with Crippen molar-refractivity contribution in [3.8, 4) is 0 Å². The van der Waals surface area contributed by atoms with Gasteiger partial charge in [0.2, 0.25) is 5.91 Å². The van der Waals surface area contributed by atoms with Crippen molar-refractivity contribution < 1.29 is 4.79 Å². The molecule has 2 aliphatic rings. The highest BCUT2D eigenvalue weighted by molar-refractivity contribution is 6.30. The van der Waals surface area contributed by atoms with Gasteiger partial charge in [-0.15, -0.1) is 0 Å². The molecular weight excluding hydrogens is 344 g/mol. The van der Waals surface area contributed by atoms with Crippen LogP contribution in [0.3, 0.4) is 0 Å². The second-order valence-electron chi connectivity index (χ2n) is 7.48. The van der Waals surface area contributed by atoms with Crippen LogP contribution < -0.4 is 10.6 Å². The summed E-state index contributed by atoms with van der Waals surface area (Å²) in [6.07, 6.45) is 5.61. The SMILES string of the molecule is CC(C)C(=O)Nc1ccc2c(c1)C1C=CCC1C(c1cccc(Cl)c1)N2. The summed E-state index contributed by atoms with van der Waals surface area (Å²) in [4.78, 5) is 12.0. The first-order chi connectivity index (χ1) is 12.5. The van der Waals surface area contributed by atoms with E-state index in [0.717, 1.165) is 22.8 Å². The predicted octanol–water partition coefficient (Wildman–Crippen LogP) is 5.76. The number of benzene rings is 2. The van der Waals surface area contributed by atoms with Crippen LogP contribution in [0.15, 0.2) is 54.6 Å². The number of halogens is 1. The van der Waals surface area contributed by atoms with Crippen molar-refractivity contribution in [3.05, 3.63) is 70.8 Å². The Balaban J connectivity index is 1.68. The van der Waals surface area contributed by atoms with Crippen molar-refractivity contribution in [1.29, 1.82) is 0 Å². The maximum atomic E-state index is 12.0. The number of allylic oxidation sites excluding steroid dienone is 2. The molecule has 0 radical (unpaired) electrons. The molecule has 0 bridgehead atoms. The number of hydrogen-bond acceptors (Lipinski definition) is 2. The van der Waals surface area contributed by atoms with Gasteiger partial charge in [-0.25, -0.2) is 0 Å². The van der Waals surface area contributed by atoms with E-state index in [0.29, 0.717) is 11.8 Å². The van der Waals surface area contributed by atoms with Crippen LogP contribution in [0.5, 0.6) is 0 Å². The number of carbonyl (C=O) groups is 1. The lowest BCUT2D eigenvalue weighted by Gasteiger charge is -2.37. The van der Waals surface area contributed by atoms with Gasteiger partial charge < -0.3 is 10.6 Å². The molecule has 134 valence electrons. The van der Waals surface area contributed by atoms with E-state index in [1.54, 1.807) is 0 Å². The Morgan fingerprint density at radius 2 is 2.08 bits per heavy atom. The molecule has 2 aromatic rings. The zero-order valence-corrected chi connectivity index (χ0v) is 15.8. The van der Waals surface area contributed by atoms with Gasteiger partial charge in [0.25, 0.3) is 0 Å². The first-order valence-corrected chi connectivity index (χ1v) is 9.54. The molecule has 1 aliphatic heterocycles. The summed E-state index contributed by atoms with van der Waals surface area (Å²) >= 11 is 6.22. The number of hydrogen-bond donors (Lipinski definition) is 2. The second kappa shape index (κ2) is 6.81. The molecule has 0 aromatic heterocycles. The van der Waals surface area contributed by atoms with Gasteiger partial charge >= 0.3 is 0 Å². The third-order valence-corrected chi connectivity index (χ3v) is 5.60. The third-order valence-electron chi connectivity index (χ3n) is 5.36. The zero-order chi connectivity index (χ0) is 18.3. The van der Waals surface area contributed by atoms with Crippen molar-refractivity contribution in [2.45, 2.75) is 32.2 Å². The quantitative estimate of drug-likeness (QED) is 0.678. The van der Waals surface area contributed by atoms with Crippen LogP contribution in [-0.2, 0) is 4.79 Å². The number of nitrogens with one attached hydrogen (secondary N) is 2. The highest BCUT2D eigenvalue weighted by atomic mass is 35.5. The minimum absolute atomic E-state index is 0.0320. The average molecular weight is 367 g/mol. The Hall–Kier alpha value is -2.26. The fraction of sp³-hybridized carbons (Fsp3) is 0.318. The lowest BCUT2D eigenvalue weighted by molar-refractivity contribution is -0.118. The molecule has 3 unspecified atom stereocenters. The molecule has 3 atom stereocenters. The molecule has 1 amide bonds. The number of fused-ring (bicyclic) bond motifs is 3. The van der Waals surface area contributed by atoms with E-state index >= 15 is 0 Å². The molecule has 1 aliphatic carbocycles. The van der Waals surface area contributed by atoms with E-state index < -0.39 is 0 Å². The molecule has 0 fully saturated rings. The summed E-state index contributed by atoms with van der Waals surface area (Å²) in [5.74, 6) is 0.822. The molecule has 0 saturated carbocycles. The summed E-state index contributed by atoms with van der Waals surface area (Å²) in [6, 6.07) is 14.5. The lowest BCUT2D eigenvalue weighted by Crippen LogP contribution is -2.29. The minimum Gasteiger partial charge on any atom is -0.378 e. The molecule has 4 heteroatoms. The molecule has 26 heavy (non-hydrogen) atoms. The largest absolute Gasteiger partial charge is 0.378 e. The number of carbonyl (C=O) groups excluding carboxylic acids is 1. The Labute approximate surface area is 159 Å². The van der Waals surface area contributed by atoms with Crippen molar-refractivity contribution in [3.63, 3.8) is 0 Å². The summed E-state index contributed by atoms with van der Waals surface area (Å²) in [6.45, 7) is 3.81. The van der Waals surface area contributed by atoms with Crippen LogP contribution in [0.1, 0.15) is 43.4 Å². The predicted molar refractivity (Wildman–Crippen MR) is 108 cm³/mol. The van der Waals surface area contributed by atoms with Gasteiger partial charge in [-0.1, -0.05) is 49.7 Å². The van der Waals surface area contributed by atoms with Crippen molar-refractivity contribution in [2.75, 3.05) is 10.6 Å². The highest BCUT2D eigenvalue weighted by Crippen LogP contribution is 2.50. The first-order valence-electron chi connectivity index (χ1n) is 9.16. The van der Waals surface area contributed by atoms with Gasteiger partial charge in [0, 0.05) is 28.2 Å². The molecule has 3 nitrogen and oxygen atoms in total. The van der Waals surface area contributed by atoms with Crippen molar-refractivity contribution in [2.24, 2.45) is 11.8 Å². The summed E-state index contributed by atoms with van der Waals surface area (Å²) < 4.78 is 0. The smallest absolute Gasteiger partial charge is 0.226 e. The van der Waals surface area contributed by atoms with Crippen molar-refractivity contribution in [1.82, 2.24) is 0 Å². The van der Waals surface area contributed by atoms with Crippen LogP contribution in [-0.4, -0.2) is 5.91 Å². The van der Waals surface area contributed by atoms with E-state index in [-0.39, 0.29) is 17.9 Å². The van der Waals surface area contributed by atoms with Gasteiger partial charge in [0.05, 0.1) is 6.04 Å². The second-order valence-corrected chi connectivity index (χ2v) is 7.91. The third kappa shape index (κ3) is 3.12. The van der Waals surface area contributed by atoms with Gasteiger partial charge in [-0.3, -0.25) is 4.79 Å². The van der Waals surface area contributed by atoms with Crippen LogP contribution in [0.25, 0.3) is 0 Å². The van der Waals surface area contributed by atoms with E-state index in [4.69, 9.17) is 11.6 Å². The van der Waals surface area contributed by atoms with Gasteiger partial charge in [-0.2, -0.15) is 0 Å². The summed E-state index contributed by atoms with van der Waals surface area (Å²) in [7, 11) is 0. The maximum Gasteiger partial charge on any atom is 0.226 e. The summed E-state index contributed by atoms with van der Waals surface area (Å²) in [5, 5.41) is 7.49. The maximum absolute atomic E-state index is 12.0. The molecule has 0 saturated heterocycles. The topological polar surface area (TPSA) is 41.1 Å². The molecule has 1 heterocycles. The summed E-state index contributed by atoms with van der Waals surface area (Å²) in [5.41, 5.74) is 4.47. The number of amides is 1. The van der Waals surface area contributed by atoms with Gasteiger partial charge in [0.1, 0.15) is 0 Å². The Morgan fingerprint density at radius 3 is 2.85 bits per heavy atom. The van der Waals surface area contributed by atoms with Crippen LogP contribution >= 0.6 is 11.6 Å². The monoisotopic (exact) mass is 366 g/mol. The Kier molecular flexibility index (Phi) is 4.49. The van der Waals surface area contributed by atoms with Gasteiger partial charge in [0.15, 0.2) is 0 Å². The molecule has 2 N–H and O–H groups in total. The zero-order valence-electron chi connectivity index (χ0n) is 15.0. The first kappa shape index (κ1) is 17.2. The lowest BCUT2D eigenvalue weighted by atomic mass is 9.77. The van der Waals surface area contributed by atoms with Crippen LogP contribution in [0.2, 0.25) is 5.02 Å². The van der Waals surface area contributed by atoms with E-state index in [1.165, 1.54) is 11.1 Å². The van der Waals surface area contributed by atoms with Gasteiger partial charge in [-0.05, 0) is 53.8 Å². The van der Waals surface area contributed by atoms with Crippen molar-refractivity contribution >= 4 is 28.9 Å². The number of rotatable bonds is 3. The Morgan fingerprint density at radius 1 is 1.23 bits per heavy atom. The number of anilines is 2. The fourth-order valence-electron chi connectivity index (χ4n) is 3.99. The fourth-order valence-corrected chi connectivity index (χ4v) is 4.19. The van der Waals surface area contributed by atoms with E-state index in [9.17, 15) is 4.79 Å². The van der Waals surface area contributed by atoms with Crippen LogP contribution in [0.4, 0.5) is 11.4 Å². The minimum atomic E-state index is -0.0320. The Bertz CT molecular complexity index is 874.